The minimum Gasteiger partial charge on any atom is -0.465 e. The number of aromatic nitrogens is 2. The number of carbonyl (C=O) groups is 1. The van der Waals surface area contributed by atoms with Crippen LogP contribution in [0.4, 0.5) is 17.3 Å². The van der Waals surface area contributed by atoms with E-state index in [2.05, 4.69) is 25.3 Å². The maximum Gasteiger partial charge on any atom is 0.337 e. The number of hydrogen-bond donors (Lipinski definition) is 2. The first-order valence-corrected chi connectivity index (χ1v) is 7.78. The van der Waals surface area contributed by atoms with Crippen molar-refractivity contribution in [2.24, 2.45) is 0 Å². The highest BCUT2D eigenvalue weighted by Gasteiger charge is 2.15. The zero-order chi connectivity index (χ0) is 16.1. The van der Waals surface area contributed by atoms with Crippen LogP contribution in [0.15, 0.2) is 36.7 Å². The van der Waals surface area contributed by atoms with Crippen molar-refractivity contribution >= 4 is 23.3 Å². The van der Waals surface area contributed by atoms with Crippen LogP contribution in [0.3, 0.4) is 0 Å². The fraction of sp³-hybridized carbons (Fsp3) is 0.353. The summed E-state index contributed by atoms with van der Waals surface area (Å²) in [5.41, 5.74) is 1.37. The predicted molar refractivity (Wildman–Crippen MR) is 89.0 cm³/mol. The SMILES string of the molecule is COC(=O)c1ccc(Nc2cc(NC3CCCC3)ncn2)cc1. The molecule has 1 aliphatic rings. The molecule has 0 saturated heterocycles. The lowest BCUT2D eigenvalue weighted by Crippen LogP contribution is -2.15. The van der Waals surface area contributed by atoms with Crippen molar-refractivity contribution in [3.05, 3.63) is 42.2 Å². The fourth-order valence-corrected chi connectivity index (χ4v) is 2.74. The van der Waals surface area contributed by atoms with Gasteiger partial charge < -0.3 is 15.4 Å². The van der Waals surface area contributed by atoms with E-state index >= 15 is 0 Å². The summed E-state index contributed by atoms with van der Waals surface area (Å²) in [6.45, 7) is 0. The van der Waals surface area contributed by atoms with Gasteiger partial charge in [0.25, 0.3) is 0 Å². The molecular weight excluding hydrogens is 292 g/mol. The first-order chi connectivity index (χ1) is 11.2. The second-order valence-electron chi connectivity index (χ2n) is 5.61. The molecule has 6 nitrogen and oxygen atoms in total. The number of hydrogen-bond acceptors (Lipinski definition) is 6. The summed E-state index contributed by atoms with van der Waals surface area (Å²) in [6.07, 6.45) is 6.49. The monoisotopic (exact) mass is 312 g/mol. The van der Waals surface area contributed by atoms with Gasteiger partial charge in [0.2, 0.25) is 0 Å². The van der Waals surface area contributed by atoms with Crippen molar-refractivity contribution in [3.8, 4) is 0 Å². The third kappa shape index (κ3) is 3.97. The summed E-state index contributed by atoms with van der Waals surface area (Å²) >= 11 is 0. The normalized spacial score (nSPS) is 14.5. The molecule has 0 aliphatic heterocycles. The zero-order valence-corrected chi connectivity index (χ0v) is 13.1. The molecule has 1 aromatic carbocycles. The first-order valence-electron chi connectivity index (χ1n) is 7.78. The molecule has 2 N–H and O–H groups in total. The number of rotatable bonds is 5. The Hall–Kier alpha value is -2.63. The molecule has 1 aromatic heterocycles. The van der Waals surface area contributed by atoms with Crippen molar-refractivity contribution in [2.75, 3.05) is 17.7 Å². The van der Waals surface area contributed by atoms with E-state index < -0.39 is 0 Å². The van der Waals surface area contributed by atoms with Crippen LogP contribution in [0.2, 0.25) is 0 Å². The second kappa shape index (κ2) is 7.09. The van der Waals surface area contributed by atoms with Gasteiger partial charge in [0.1, 0.15) is 18.0 Å². The van der Waals surface area contributed by atoms with Crippen molar-refractivity contribution in [3.63, 3.8) is 0 Å². The van der Waals surface area contributed by atoms with E-state index in [-0.39, 0.29) is 5.97 Å². The van der Waals surface area contributed by atoms with E-state index in [1.165, 1.54) is 32.8 Å². The molecule has 0 amide bonds. The summed E-state index contributed by atoms with van der Waals surface area (Å²) in [5.74, 6) is 1.20. The molecule has 1 saturated carbocycles. The molecule has 0 spiro atoms. The molecule has 1 fully saturated rings. The quantitative estimate of drug-likeness (QED) is 0.825. The molecule has 0 atom stereocenters. The highest BCUT2D eigenvalue weighted by molar-refractivity contribution is 5.89. The Bertz CT molecular complexity index is 667. The number of anilines is 3. The number of esters is 1. The Morgan fingerprint density at radius 2 is 1.83 bits per heavy atom. The second-order valence-corrected chi connectivity index (χ2v) is 5.61. The fourth-order valence-electron chi connectivity index (χ4n) is 2.74. The summed E-state index contributed by atoms with van der Waals surface area (Å²) in [7, 11) is 1.37. The minimum atomic E-state index is -0.346. The molecule has 2 aromatic rings. The standard InChI is InChI=1S/C17H20N4O2/c1-23-17(22)12-6-8-14(9-7-12)21-16-10-15(18-11-19-16)20-13-4-2-3-5-13/h6-11,13H,2-5H2,1H3,(H2,18,19,20,21). The van der Waals surface area contributed by atoms with Crippen LogP contribution in [-0.2, 0) is 4.74 Å². The van der Waals surface area contributed by atoms with Crippen LogP contribution < -0.4 is 10.6 Å². The van der Waals surface area contributed by atoms with Crippen LogP contribution in [0, 0.1) is 0 Å². The Morgan fingerprint density at radius 1 is 1.13 bits per heavy atom. The predicted octanol–water partition coefficient (Wildman–Crippen LogP) is 3.36. The topological polar surface area (TPSA) is 76.1 Å². The highest BCUT2D eigenvalue weighted by atomic mass is 16.5. The Morgan fingerprint density at radius 3 is 2.52 bits per heavy atom. The van der Waals surface area contributed by atoms with Gasteiger partial charge in [-0.3, -0.25) is 0 Å². The minimum absolute atomic E-state index is 0.346. The van der Waals surface area contributed by atoms with E-state index in [9.17, 15) is 4.79 Å². The molecule has 0 radical (unpaired) electrons. The van der Waals surface area contributed by atoms with E-state index in [1.54, 1.807) is 18.5 Å². The lowest BCUT2D eigenvalue weighted by atomic mass is 10.2. The Labute approximate surface area is 135 Å². The van der Waals surface area contributed by atoms with E-state index in [1.807, 2.05) is 18.2 Å². The maximum atomic E-state index is 11.4. The number of carbonyl (C=O) groups excluding carboxylic acids is 1. The third-order valence-corrected chi connectivity index (χ3v) is 3.95. The summed E-state index contributed by atoms with van der Waals surface area (Å²) in [5, 5.41) is 6.66. The van der Waals surface area contributed by atoms with Crippen LogP contribution in [0.5, 0.6) is 0 Å². The van der Waals surface area contributed by atoms with E-state index in [0.29, 0.717) is 17.4 Å². The third-order valence-electron chi connectivity index (χ3n) is 3.95. The van der Waals surface area contributed by atoms with Crippen molar-refractivity contribution < 1.29 is 9.53 Å². The molecule has 1 heterocycles. The summed E-state index contributed by atoms with van der Waals surface area (Å²) in [6, 6.07) is 9.47. The van der Waals surface area contributed by atoms with Crippen LogP contribution >= 0.6 is 0 Å². The maximum absolute atomic E-state index is 11.4. The van der Waals surface area contributed by atoms with Crippen molar-refractivity contribution in [1.82, 2.24) is 9.97 Å². The van der Waals surface area contributed by atoms with Gasteiger partial charge in [-0.15, -0.1) is 0 Å². The molecule has 1 aliphatic carbocycles. The number of nitrogens with one attached hydrogen (secondary N) is 2. The number of nitrogens with zero attached hydrogens (tertiary/aromatic N) is 2. The van der Waals surface area contributed by atoms with Gasteiger partial charge in [0, 0.05) is 17.8 Å². The van der Waals surface area contributed by atoms with Crippen LogP contribution in [0.1, 0.15) is 36.0 Å². The zero-order valence-electron chi connectivity index (χ0n) is 13.1. The number of ether oxygens (including phenoxy) is 1. The van der Waals surface area contributed by atoms with Crippen molar-refractivity contribution in [2.45, 2.75) is 31.7 Å². The molecule has 3 rings (SSSR count). The van der Waals surface area contributed by atoms with Gasteiger partial charge in [0.15, 0.2) is 0 Å². The largest absolute Gasteiger partial charge is 0.465 e. The lowest BCUT2D eigenvalue weighted by Gasteiger charge is -2.13. The van der Waals surface area contributed by atoms with Gasteiger partial charge >= 0.3 is 5.97 Å². The van der Waals surface area contributed by atoms with Gasteiger partial charge in [-0.05, 0) is 37.1 Å². The molecular formula is C17H20N4O2. The molecule has 23 heavy (non-hydrogen) atoms. The average Bonchev–Trinajstić information content (AvgIpc) is 3.08. The highest BCUT2D eigenvalue weighted by Crippen LogP contribution is 2.23. The summed E-state index contributed by atoms with van der Waals surface area (Å²) < 4.78 is 4.69. The van der Waals surface area contributed by atoms with Crippen molar-refractivity contribution in [1.29, 1.82) is 0 Å². The smallest absolute Gasteiger partial charge is 0.337 e. The average molecular weight is 312 g/mol. The van der Waals surface area contributed by atoms with Gasteiger partial charge in [0.05, 0.1) is 12.7 Å². The molecule has 0 bridgehead atoms. The molecule has 6 heteroatoms. The van der Waals surface area contributed by atoms with Gasteiger partial charge in [-0.25, -0.2) is 14.8 Å². The van der Waals surface area contributed by atoms with Gasteiger partial charge in [-0.1, -0.05) is 12.8 Å². The Kier molecular flexibility index (Phi) is 4.71. The van der Waals surface area contributed by atoms with Crippen LogP contribution in [0.25, 0.3) is 0 Å². The lowest BCUT2D eigenvalue weighted by molar-refractivity contribution is 0.0601. The number of benzene rings is 1. The number of methoxy groups -OCH3 is 1. The van der Waals surface area contributed by atoms with Crippen LogP contribution in [-0.4, -0.2) is 29.1 Å². The Balaban J connectivity index is 1.66. The first kappa shape index (κ1) is 15.3. The summed E-state index contributed by atoms with van der Waals surface area (Å²) in [4.78, 5) is 19.9. The van der Waals surface area contributed by atoms with E-state index in [0.717, 1.165) is 11.5 Å². The molecule has 0 unspecified atom stereocenters. The van der Waals surface area contributed by atoms with E-state index in [4.69, 9.17) is 0 Å². The molecule has 120 valence electrons. The van der Waals surface area contributed by atoms with Gasteiger partial charge in [-0.2, -0.15) is 0 Å².